The fraction of sp³-hybridized carbons (Fsp3) is 0.545. The highest BCUT2D eigenvalue weighted by molar-refractivity contribution is 5.42. The SMILES string of the molecule is CC(C)n1ccc(-n2nnc(N)c2C2CC2)n1. The van der Waals surface area contributed by atoms with E-state index in [0.29, 0.717) is 17.8 Å². The zero-order valence-corrected chi connectivity index (χ0v) is 10.0. The molecule has 0 unspecified atom stereocenters. The van der Waals surface area contributed by atoms with E-state index in [1.54, 1.807) is 4.68 Å². The van der Waals surface area contributed by atoms with Gasteiger partial charge in [0, 0.05) is 24.2 Å². The van der Waals surface area contributed by atoms with E-state index in [1.165, 1.54) is 12.8 Å². The molecule has 1 fully saturated rings. The minimum absolute atomic E-state index is 0.342. The van der Waals surface area contributed by atoms with Crippen LogP contribution in [0.3, 0.4) is 0 Å². The van der Waals surface area contributed by atoms with Crippen molar-refractivity contribution in [2.75, 3.05) is 5.73 Å². The zero-order chi connectivity index (χ0) is 12.0. The molecule has 17 heavy (non-hydrogen) atoms. The van der Waals surface area contributed by atoms with Crippen molar-refractivity contribution in [3.63, 3.8) is 0 Å². The summed E-state index contributed by atoms with van der Waals surface area (Å²) in [6, 6.07) is 2.29. The molecule has 0 amide bonds. The van der Waals surface area contributed by atoms with E-state index < -0.39 is 0 Å². The van der Waals surface area contributed by atoms with E-state index in [9.17, 15) is 0 Å². The molecule has 0 radical (unpaired) electrons. The fourth-order valence-electron chi connectivity index (χ4n) is 1.94. The average Bonchev–Trinajstić information content (AvgIpc) is 2.87. The van der Waals surface area contributed by atoms with Crippen molar-refractivity contribution < 1.29 is 0 Å². The van der Waals surface area contributed by atoms with Gasteiger partial charge in [0.25, 0.3) is 0 Å². The molecule has 2 aromatic heterocycles. The minimum atomic E-state index is 0.342. The van der Waals surface area contributed by atoms with Crippen LogP contribution in [0.5, 0.6) is 0 Å². The lowest BCUT2D eigenvalue weighted by Crippen LogP contribution is -2.06. The molecule has 0 bridgehead atoms. The van der Waals surface area contributed by atoms with Crippen LogP contribution < -0.4 is 5.73 Å². The third-order valence-corrected chi connectivity index (χ3v) is 3.04. The molecule has 0 atom stereocenters. The maximum absolute atomic E-state index is 5.86. The lowest BCUT2D eigenvalue weighted by Gasteiger charge is -2.04. The third-order valence-electron chi connectivity index (χ3n) is 3.04. The van der Waals surface area contributed by atoms with Crippen LogP contribution in [0, 0.1) is 0 Å². The standard InChI is InChI=1S/C11H16N6/c1-7(2)16-6-5-9(14-16)17-10(8-3-4-8)11(12)13-15-17/h5-8H,3-4,12H2,1-2H3. The van der Waals surface area contributed by atoms with Crippen molar-refractivity contribution >= 4 is 5.82 Å². The van der Waals surface area contributed by atoms with Gasteiger partial charge in [0.2, 0.25) is 0 Å². The van der Waals surface area contributed by atoms with Gasteiger partial charge in [0.15, 0.2) is 11.6 Å². The average molecular weight is 232 g/mol. The minimum Gasteiger partial charge on any atom is -0.381 e. The first-order chi connectivity index (χ1) is 8.16. The molecule has 1 saturated carbocycles. The van der Waals surface area contributed by atoms with Gasteiger partial charge < -0.3 is 5.73 Å². The number of nitrogens with two attached hydrogens (primary N) is 1. The number of hydrogen-bond donors (Lipinski definition) is 1. The Morgan fingerprint density at radius 1 is 1.41 bits per heavy atom. The monoisotopic (exact) mass is 232 g/mol. The predicted octanol–water partition coefficient (Wildman–Crippen LogP) is 1.50. The Kier molecular flexibility index (Phi) is 2.17. The first kappa shape index (κ1) is 10.3. The lowest BCUT2D eigenvalue weighted by molar-refractivity contribution is 0.526. The number of anilines is 1. The van der Waals surface area contributed by atoms with Crippen molar-refractivity contribution in [1.29, 1.82) is 0 Å². The van der Waals surface area contributed by atoms with Crippen molar-refractivity contribution in [3.05, 3.63) is 18.0 Å². The quantitative estimate of drug-likeness (QED) is 0.870. The van der Waals surface area contributed by atoms with Gasteiger partial charge in [0.1, 0.15) is 0 Å². The van der Waals surface area contributed by atoms with Gasteiger partial charge in [-0.1, -0.05) is 5.21 Å². The summed E-state index contributed by atoms with van der Waals surface area (Å²) in [5.74, 6) is 1.84. The molecule has 2 heterocycles. The highest BCUT2D eigenvalue weighted by Crippen LogP contribution is 2.42. The molecule has 1 aliphatic carbocycles. The van der Waals surface area contributed by atoms with Crippen LogP contribution in [0.25, 0.3) is 5.82 Å². The number of nitrogens with zero attached hydrogens (tertiary/aromatic N) is 5. The van der Waals surface area contributed by atoms with E-state index in [0.717, 1.165) is 11.5 Å². The maximum Gasteiger partial charge on any atom is 0.177 e. The molecular weight excluding hydrogens is 216 g/mol. The summed E-state index contributed by atoms with van der Waals surface area (Å²) >= 11 is 0. The largest absolute Gasteiger partial charge is 0.381 e. The number of hydrogen-bond acceptors (Lipinski definition) is 4. The van der Waals surface area contributed by atoms with Crippen LogP contribution in [0.15, 0.2) is 12.3 Å². The van der Waals surface area contributed by atoms with Crippen LogP contribution in [-0.2, 0) is 0 Å². The molecule has 6 nitrogen and oxygen atoms in total. The molecule has 2 aromatic rings. The molecule has 0 spiro atoms. The fourth-order valence-corrected chi connectivity index (χ4v) is 1.94. The Hall–Kier alpha value is -1.85. The Balaban J connectivity index is 2.02. The van der Waals surface area contributed by atoms with Crippen LogP contribution in [0.4, 0.5) is 5.82 Å². The lowest BCUT2D eigenvalue weighted by atomic mass is 10.3. The van der Waals surface area contributed by atoms with Gasteiger partial charge in [-0.2, -0.15) is 9.78 Å². The third kappa shape index (κ3) is 1.69. The second-order valence-electron chi connectivity index (χ2n) is 4.79. The van der Waals surface area contributed by atoms with Gasteiger partial charge in [-0.3, -0.25) is 4.68 Å². The molecule has 3 rings (SSSR count). The number of nitrogen functional groups attached to an aromatic ring is 1. The van der Waals surface area contributed by atoms with E-state index in [4.69, 9.17) is 5.73 Å². The van der Waals surface area contributed by atoms with Crippen molar-refractivity contribution in [1.82, 2.24) is 24.8 Å². The number of rotatable bonds is 3. The van der Waals surface area contributed by atoms with Crippen LogP contribution >= 0.6 is 0 Å². The molecule has 2 N–H and O–H groups in total. The van der Waals surface area contributed by atoms with E-state index in [-0.39, 0.29) is 0 Å². The van der Waals surface area contributed by atoms with Gasteiger partial charge in [-0.15, -0.1) is 5.10 Å². The first-order valence-corrected chi connectivity index (χ1v) is 5.93. The van der Waals surface area contributed by atoms with Gasteiger partial charge in [-0.05, 0) is 26.7 Å². The van der Waals surface area contributed by atoms with Crippen LogP contribution in [0.1, 0.15) is 44.3 Å². The Morgan fingerprint density at radius 3 is 2.76 bits per heavy atom. The molecule has 0 aromatic carbocycles. The zero-order valence-electron chi connectivity index (χ0n) is 10.0. The topological polar surface area (TPSA) is 74.5 Å². The van der Waals surface area contributed by atoms with E-state index in [2.05, 4.69) is 29.3 Å². The summed E-state index contributed by atoms with van der Waals surface area (Å²) < 4.78 is 3.68. The van der Waals surface area contributed by atoms with E-state index in [1.807, 2.05) is 16.9 Å². The molecule has 6 heteroatoms. The summed E-state index contributed by atoms with van der Waals surface area (Å²) in [5.41, 5.74) is 6.87. The smallest absolute Gasteiger partial charge is 0.177 e. The summed E-state index contributed by atoms with van der Waals surface area (Å²) in [6.45, 7) is 4.18. The van der Waals surface area contributed by atoms with Gasteiger partial charge >= 0.3 is 0 Å². The second-order valence-corrected chi connectivity index (χ2v) is 4.79. The van der Waals surface area contributed by atoms with Crippen molar-refractivity contribution in [3.8, 4) is 5.82 Å². The van der Waals surface area contributed by atoms with Gasteiger partial charge in [-0.25, -0.2) is 0 Å². The Labute approximate surface area is 99.4 Å². The molecule has 0 aliphatic heterocycles. The first-order valence-electron chi connectivity index (χ1n) is 5.93. The Morgan fingerprint density at radius 2 is 2.18 bits per heavy atom. The Bertz CT molecular complexity index is 534. The van der Waals surface area contributed by atoms with Crippen molar-refractivity contribution in [2.45, 2.75) is 38.6 Å². The summed E-state index contributed by atoms with van der Waals surface area (Å²) in [4.78, 5) is 0. The summed E-state index contributed by atoms with van der Waals surface area (Å²) in [7, 11) is 0. The predicted molar refractivity (Wildman–Crippen MR) is 63.9 cm³/mol. The van der Waals surface area contributed by atoms with Crippen molar-refractivity contribution in [2.24, 2.45) is 0 Å². The molecule has 90 valence electrons. The maximum atomic E-state index is 5.86. The highest BCUT2D eigenvalue weighted by Gasteiger charge is 2.31. The highest BCUT2D eigenvalue weighted by atomic mass is 15.5. The van der Waals surface area contributed by atoms with E-state index >= 15 is 0 Å². The number of aromatic nitrogens is 5. The van der Waals surface area contributed by atoms with Crippen LogP contribution in [0.2, 0.25) is 0 Å². The molecule has 1 aliphatic rings. The van der Waals surface area contributed by atoms with Gasteiger partial charge in [0.05, 0.1) is 5.69 Å². The van der Waals surface area contributed by atoms with Crippen LogP contribution in [-0.4, -0.2) is 24.8 Å². The molecule has 0 saturated heterocycles. The second kappa shape index (κ2) is 3.58. The normalized spacial score (nSPS) is 15.7. The molecular formula is C11H16N6. The summed E-state index contributed by atoms with van der Waals surface area (Å²) in [5, 5.41) is 12.5. The summed E-state index contributed by atoms with van der Waals surface area (Å²) in [6.07, 6.45) is 4.29.